The van der Waals surface area contributed by atoms with Gasteiger partial charge in [0, 0.05) is 0 Å². The van der Waals surface area contributed by atoms with Gasteiger partial charge in [-0.1, -0.05) is 6.07 Å². The third kappa shape index (κ3) is 1.64. The van der Waals surface area contributed by atoms with Crippen LogP contribution in [0.3, 0.4) is 0 Å². The molecule has 0 saturated carbocycles. The molecule has 0 heterocycles. The van der Waals surface area contributed by atoms with Crippen molar-refractivity contribution in [2.24, 2.45) is 0 Å². The van der Waals surface area contributed by atoms with Gasteiger partial charge in [0.2, 0.25) is 0 Å². The number of benzene rings is 1. The molecule has 0 aromatic heterocycles. The number of hydrogen-bond acceptors (Lipinski definition) is 1. The van der Waals surface area contributed by atoms with Crippen molar-refractivity contribution >= 4 is 20.5 Å². The van der Waals surface area contributed by atoms with Gasteiger partial charge in [0.1, 0.15) is 0 Å². The number of aromatic carboxylic acids is 1. The lowest BCUT2D eigenvalue weighted by Gasteiger charge is -2.04. The van der Waals surface area contributed by atoms with Crippen molar-refractivity contribution in [2.75, 3.05) is 0 Å². The van der Waals surface area contributed by atoms with Crippen molar-refractivity contribution in [3.05, 3.63) is 28.8 Å². The molecular weight excluding hydrogens is 171 g/mol. The Bertz CT molecular complexity index is 332. The zero-order valence-electron chi connectivity index (χ0n) is 7.09. The standard InChI is InChI=1S/C9H11O2P/c1-5-3-6(2)8(12)4-7(5)9(10)11/h3-4H,12H2,1-2H3,(H,10,11). The fourth-order valence-corrected chi connectivity index (χ4v) is 1.35. The molecule has 0 saturated heterocycles. The van der Waals surface area contributed by atoms with Crippen molar-refractivity contribution in [1.82, 2.24) is 0 Å². The smallest absolute Gasteiger partial charge is 0.335 e. The molecule has 0 aliphatic carbocycles. The van der Waals surface area contributed by atoms with Crippen LogP contribution >= 0.6 is 9.24 Å². The van der Waals surface area contributed by atoms with E-state index in [0.29, 0.717) is 5.56 Å². The molecule has 0 amide bonds. The summed E-state index contributed by atoms with van der Waals surface area (Å²) >= 11 is 0. The highest BCUT2D eigenvalue weighted by atomic mass is 31.0. The Labute approximate surface area is 73.8 Å². The lowest BCUT2D eigenvalue weighted by atomic mass is 10.1. The third-order valence-corrected chi connectivity index (χ3v) is 2.47. The quantitative estimate of drug-likeness (QED) is 0.668. The van der Waals surface area contributed by atoms with Crippen LogP contribution in [-0.2, 0) is 0 Å². The van der Waals surface area contributed by atoms with E-state index >= 15 is 0 Å². The summed E-state index contributed by atoms with van der Waals surface area (Å²) in [6.07, 6.45) is 0. The average Bonchev–Trinajstić information content (AvgIpc) is 1.96. The second-order valence-corrected chi connectivity index (χ2v) is 3.45. The fraction of sp³-hybridized carbons (Fsp3) is 0.222. The van der Waals surface area contributed by atoms with Crippen LogP contribution < -0.4 is 5.30 Å². The highest BCUT2D eigenvalue weighted by molar-refractivity contribution is 7.27. The van der Waals surface area contributed by atoms with E-state index in [1.165, 1.54) is 0 Å². The van der Waals surface area contributed by atoms with Gasteiger partial charge in [-0.25, -0.2) is 4.79 Å². The summed E-state index contributed by atoms with van der Waals surface area (Å²) in [6, 6.07) is 3.56. The Morgan fingerprint density at radius 3 is 2.42 bits per heavy atom. The average molecular weight is 182 g/mol. The van der Waals surface area contributed by atoms with Crippen molar-refractivity contribution in [2.45, 2.75) is 13.8 Å². The Morgan fingerprint density at radius 1 is 1.33 bits per heavy atom. The van der Waals surface area contributed by atoms with Crippen molar-refractivity contribution in [3.63, 3.8) is 0 Å². The van der Waals surface area contributed by atoms with E-state index < -0.39 is 5.97 Å². The molecule has 0 spiro atoms. The first-order chi connectivity index (χ1) is 5.52. The van der Waals surface area contributed by atoms with E-state index in [2.05, 4.69) is 9.24 Å². The molecule has 0 radical (unpaired) electrons. The number of carboxylic acids is 1. The number of carboxylic acid groups (broad SMARTS) is 1. The molecule has 1 aromatic carbocycles. The first-order valence-electron chi connectivity index (χ1n) is 3.62. The summed E-state index contributed by atoms with van der Waals surface area (Å²) in [7, 11) is 2.53. The molecule has 1 unspecified atom stereocenters. The Morgan fingerprint density at radius 2 is 1.92 bits per heavy atom. The van der Waals surface area contributed by atoms with Gasteiger partial charge in [-0.3, -0.25) is 0 Å². The van der Waals surface area contributed by atoms with E-state index in [9.17, 15) is 4.79 Å². The zero-order chi connectivity index (χ0) is 9.30. The second-order valence-electron chi connectivity index (χ2n) is 2.83. The van der Waals surface area contributed by atoms with Gasteiger partial charge in [0.05, 0.1) is 5.56 Å². The summed E-state index contributed by atoms with van der Waals surface area (Å²) in [6.45, 7) is 3.77. The third-order valence-electron chi connectivity index (χ3n) is 1.84. The van der Waals surface area contributed by atoms with Crippen LogP contribution in [0.2, 0.25) is 0 Å². The summed E-state index contributed by atoms with van der Waals surface area (Å²) in [5.41, 5.74) is 2.29. The molecule has 1 rings (SSSR count). The van der Waals surface area contributed by atoms with Gasteiger partial charge in [-0.15, -0.1) is 9.24 Å². The van der Waals surface area contributed by atoms with Gasteiger partial charge in [0.15, 0.2) is 0 Å². The molecule has 1 atom stereocenters. The minimum atomic E-state index is -0.865. The maximum Gasteiger partial charge on any atom is 0.335 e. The molecule has 1 aromatic rings. The number of rotatable bonds is 1. The highest BCUT2D eigenvalue weighted by Gasteiger charge is 2.07. The molecule has 0 fully saturated rings. The number of aryl methyl sites for hydroxylation is 2. The minimum absolute atomic E-state index is 0.380. The van der Waals surface area contributed by atoms with Gasteiger partial charge in [0.25, 0.3) is 0 Å². The van der Waals surface area contributed by atoms with Crippen LogP contribution in [0.15, 0.2) is 12.1 Å². The Hall–Kier alpha value is -0.880. The van der Waals surface area contributed by atoms with Crippen LogP contribution in [0, 0.1) is 13.8 Å². The molecule has 1 N–H and O–H groups in total. The van der Waals surface area contributed by atoms with Crippen LogP contribution in [0.25, 0.3) is 0 Å². The lowest BCUT2D eigenvalue weighted by molar-refractivity contribution is 0.0696. The Balaban J connectivity index is 3.33. The fourth-order valence-electron chi connectivity index (χ4n) is 1.10. The maximum absolute atomic E-state index is 10.7. The molecule has 0 aliphatic heterocycles. The van der Waals surface area contributed by atoms with E-state index in [-0.39, 0.29) is 0 Å². The first-order valence-corrected chi connectivity index (χ1v) is 4.20. The largest absolute Gasteiger partial charge is 0.478 e. The molecule has 64 valence electrons. The molecule has 3 heteroatoms. The molecule has 2 nitrogen and oxygen atoms in total. The van der Waals surface area contributed by atoms with Gasteiger partial charge in [-0.05, 0) is 36.3 Å². The number of carbonyl (C=O) groups is 1. The molecule has 0 aliphatic rings. The van der Waals surface area contributed by atoms with Crippen LogP contribution in [0.4, 0.5) is 0 Å². The van der Waals surface area contributed by atoms with E-state index in [0.717, 1.165) is 16.4 Å². The van der Waals surface area contributed by atoms with Crippen LogP contribution in [0.1, 0.15) is 21.5 Å². The molecule has 0 bridgehead atoms. The first kappa shape index (κ1) is 9.21. The normalized spacial score (nSPS) is 9.92. The molecule has 12 heavy (non-hydrogen) atoms. The van der Waals surface area contributed by atoms with Gasteiger partial charge in [-0.2, -0.15) is 0 Å². The van der Waals surface area contributed by atoms with E-state index in [1.807, 2.05) is 13.0 Å². The SMILES string of the molecule is Cc1cc(C)c(C(=O)O)cc1P. The predicted molar refractivity (Wildman–Crippen MR) is 52.2 cm³/mol. The zero-order valence-corrected chi connectivity index (χ0v) is 8.24. The van der Waals surface area contributed by atoms with Gasteiger partial charge < -0.3 is 5.11 Å². The summed E-state index contributed by atoms with van der Waals surface area (Å²) in [5, 5.41) is 9.71. The Kier molecular flexibility index (Phi) is 2.49. The monoisotopic (exact) mass is 182 g/mol. The molecular formula is C9H11O2P. The topological polar surface area (TPSA) is 37.3 Å². The van der Waals surface area contributed by atoms with Crippen LogP contribution in [0.5, 0.6) is 0 Å². The summed E-state index contributed by atoms with van der Waals surface area (Å²) in [5.74, 6) is -0.865. The second kappa shape index (κ2) is 3.24. The summed E-state index contributed by atoms with van der Waals surface area (Å²) < 4.78 is 0. The lowest BCUT2D eigenvalue weighted by Crippen LogP contribution is -2.06. The van der Waals surface area contributed by atoms with E-state index in [4.69, 9.17) is 5.11 Å². The number of hydrogen-bond donors (Lipinski definition) is 1. The van der Waals surface area contributed by atoms with Crippen molar-refractivity contribution in [3.8, 4) is 0 Å². The predicted octanol–water partition coefficient (Wildman–Crippen LogP) is 1.50. The maximum atomic E-state index is 10.7. The van der Waals surface area contributed by atoms with Crippen LogP contribution in [-0.4, -0.2) is 11.1 Å². The summed E-state index contributed by atoms with van der Waals surface area (Å²) in [4.78, 5) is 10.7. The minimum Gasteiger partial charge on any atom is -0.478 e. The van der Waals surface area contributed by atoms with Crippen molar-refractivity contribution in [1.29, 1.82) is 0 Å². The van der Waals surface area contributed by atoms with Crippen molar-refractivity contribution < 1.29 is 9.90 Å². The van der Waals surface area contributed by atoms with E-state index in [1.54, 1.807) is 13.0 Å². The van der Waals surface area contributed by atoms with Gasteiger partial charge >= 0.3 is 5.97 Å². The highest BCUT2D eigenvalue weighted by Crippen LogP contribution is 2.10.